The lowest BCUT2D eigenvalue weighted by molar-refractivity contribution is 0.100. The molecule has 0 fully saturated rings. The van der Waals surface area contributed by atoms with Gasteiger partial charge in [0.1, 0.15) is 12.0 Å². The average Bonchev–Trinajstić information content (AvgIpc) is 3.39. The minimum atomic E-state index is -0.264. The van der Waals surface area contributed by atoms with Crippen LogP contribution in [0.25, 0.3) is 16.8 Å². The van der Waals surface area contributed by atoms with Crippen LogP contribution in [-0.2, 0) is 0 Å². The first-order valence-corrected chi connectivity index (χ1v) is 7.98. The monoisotopic (exact) mass is 339 g/mol. The fourth-order valence-corrected chi connectivity index (χ4v) is 2.78. The quantitative estimate of drug-likeness (QED) is 0.522. The number of imidazole rings is 1. The third-order valence-electron chi connectivity index (χ3n) is 4.06. The lowest BCUT2D eigenvalue weighted by Crippen LogP contribution is -1.99. The number of aromatic nitrogens is 2. The molecule has 26 heavy (non-hydrogen) atoms. The number of nitrogens with zero attached hydrogens (tertiary/aromatic N) is 3. The highest BCUT2D eigenvalue weighted by atomic mass is 16.3. The molecule has 0 spiro atoms. The fourth-order valence-electron chi connectivity index (χ4n) is 2.78. The zero-order valence-corrected chi connectivity index (χ0v) is 13.7. The molecule has 0 aliphatic heterocycles. The number of rotatable bonds is 4. The largest absolute Gasteiger partial charge is 0.461 e. The van der Waals surface area contributed by atoms with Gasteiger partial charge >= 0.3 is 0 Å². The molecule has 5 nitrogen and oxygen atoms in total. The Morgan fingerprint density at radius 1 is 1.08 bits per heavy atom. The topological polar surface area (TPSA) is 71.8 Å². The van der Waals surface area contributed by atoms with E-state index < -0.39 is 0 Å². The molecule has 0 saturated heterocycles. The van der Waals surface area contributed by atoms with Crippen molar-refractivity contribution in [3.05, 3.63) is 96.5 Å². The zero-order chi connectivity index (χ0) is 17.9. The second-order valence-electron chi connectivity index (χ2n) is 5.68. The highest BCUT2D eigenvalue weighted by Crippen LogP contribution is 2.25. The van der Waals surface area contributed by atoms with E-state index in [4.69, 9.17) is 4.42 Å². The van der Waals surface area contributed by atoms with Crippen LogP contribution in [0, 0.1) is 11.3 Å². The summed E-state index contributed by atoms with van der Waals surface area (Å²) in [6.07, 6.45) is 4.71. The summed E-state index contributed by atoms with van der Waals surface area (Å²) in [6.45, 7) is 0. The van der Waals surface area contributed by atoms with Gasteiger partial charge in [0.2, 0.25) is 5.78 Å². The Labute approximate surface area is 149 Å². The maximum Gasteiger partial charge on any atom is 0.248 e. The molecule has 0 aliphatic carbocycles. The molecule has 0 aliphatic rings. The van der Waals surface area contributed by atoms with E-state index in [-0.39, 0.29) is 11.5 Å². The van der Waals surface area contributed by atoms with Crippen molar-refractivity contribution in [2.75, 3.05) is 0 Å². The average molecular weight is 339 g/mol. The summed E-state index contributed by atoms with van der Waals surface area (Å²) in [4.78, 5) is 16.5. The molecule has 2 aromatic carbocycles. The Bertz CT molecular complexity index is 1120. The van der Waals surface area contributed by atoms with Crippen molar-refractivity contribution in [3.63, 3.8) is 0 Å². The zero-order valence-electron chi connectivity index (χ0n) is 13.7. The van der Waals surface area contributed by atoms with Crippen LogP contribution in [0.3, 0.4) is 0 Å². The standard InChI is InChI=1S/C21H13N3O2/c22-12-16-5-1-2-8-18(16)15-6-3-7-17(11-15)24-13-19(23-14-24)21(25)20-9-4-10-26-20/h1-11,13-14H. The number of nitriles is 1. The predicted molar refractivity (Wildman–Crippen MR) is 95.9 cm³/mol. The number of hydrogen-bond acceptors (Lipinski definition) is 4. The van der Waals surface area contributed by atoms with Crippen molar-refractivity contribution in [1.29, 1.82) is 5.26 Å². The van der Waals surface area contributed by atoms with Crippen LogP contribution in [0.1, 0.15) is 21.8 Å². The molecule has 0 radical (unpaired) electrons. The SMILES string of the molecule is N#Cc1ccccc1-c1cccc(-n2cnc(C(=O)c3ccco3)c2)c1. The first-order chi connectivity index (χ1) is 12.8. The van der Waals surface area contributed by atoms with Crippen molar-refractivity contribution in [3.8, 4) is 22.9 Å². The highest BCUT2D eigenvalue weighted by molar-refractivity contribution is 6.05. The van der Waals surface area contributed by atoms with Gasteiger partial charge in [-0.15, -0.1) is 0 Å². The second-order valence-corrected chi connectivity index (χ2v) is 5.68. The number of carbonyl (C=O) groups excluding carboxylic acids is 1. The van der Waals surface area contributed by atoms with Crippen LogP contribution in [0.4, 0.5) is 0 Å². The molecule has 5 heteroatoms. The number of hydrogen-bond donors (Lipinski definition) is 0. The second kappa shape index (κ2) is 6.54. The van der Waals surface area contributed by atoms with E-state index in [0.29, 0.717) is 11.3 Å². The van der Waals surface area contributed by atoms with Gasteiger partial charge in [-0.05, 0) is 41.5 Å². The summed E-state index contributed by atoms with van der Waals surface area (Å²) < 4.78 is 6.91. The lowest BCUT2D eigenvalue weighted by Gasteiger charge is -2.07. The Hall–Kier alpha value is -3.91. The summed E-state index contributed by atoms with van der Waals surface area (Å²) in [5.74, 6) is -0.00770. The number of ketones is 1. The first-order valence-electron chi connectivity index (χ1n) is 7.98. The third-order valence-corrected chi connectivity index (χ3v) is 4.06. The minimum Gasteiger partial charge on any atom is -0.461 e. The number of benzene rings is 2. The smallest absolute Gasteiger partial charge is 0.248 e. The van der Waals surface area contributed by atoms with E-state index in [2.05, 4.69) is 11.1 Å². The van der Waals surface area contributed by atoms with Crippen molar-refractivity contribution in [2.24, 2.45) is 0 Å². The summed E-state index contributed by atoms with van der Waals surface area (Å²) in [7, 11) is 0. The van der Waals surface area contributed by atoms with Gasteiger partial charge in [0.15, 0.2) is 5.76 Å². The molecular weight excluding hydrogens is 326 g/mol. The van der Waals surface area contributed by atoms with Crippen LogP contribution >= 0.6 is 0 Å². The van der Waals surface area contributed by atoms with E-state index in [1.165, 1.54) is 6.26 Å². The Morgan fingerprint density at radius 2 is 1.96 bits per heavy atom. The Morgan fingerprint density at radius 3 is 2.77 bits per heavy atom. The van der Waals surface area contributed by atoms with Gasteiger partial charge in [0.25, 0.3) is 0 Å². The van der Waals surface area contributed by atoms with E-state index >= 15 is 0 Å². The maximum atomic E-state index is 12.3. The van der Waals surface area contributed by atoms with Crippen molar-refractivity contribution in [2.45, 2.75) is 0 Å². The van der Waals surface area contributed by atoms with Gasteiger partial charge in [-0.1, -0.05) is 30.3 Å². The Balaban J connectivity index is 1.70. The van der Waals surface area contributed by atoms with Crippen molar-refractivity contribution >= 4 is 5.78 Å². The Kier molecular flexibility index (Phi) is 3.92. The number of carbonyl (C=O) groups is 1. The van der Waals surface area contributed by atoms with Crippen LogP contribution in [0.5, 0.6) is 0 Å². The van der Waals surface area contributed by atoms with Crippen molar-refractivity contribution < 1.29 is 9.21 Å². The molecule has 2 heterocycles. The van der Waals surface area contributed by atoms with Gasteiger partial charge in [-0.25, -0.2) is 4.98 Å². The van der Waals surface area contributed by atoms with Gasteiger partial charge < -0.3 is 8.98 Å². The highest BCUT2D eigenvalue weighted by Gasteiger charge is 2.15. The van der Waals surface area contributed by atoms with Crippen molar-refractivity contribution in [1.82, 2.24) is 9.55 Å². The third kappa shape index (κ3) is 2.80. The maximum absolute atomic E-state index is 12.3. The molecular formula is C21H13N3O2. The molecule has 4 rings (SSSR count). The normalized spacial score (nSPS) is 10.4. The predicted octanol–water partition coefficient (Wildman–Crippen LogP) is 4.23. The molecule has 0 unspecified atom stereocenters. The van der Waals surface area contributed by atoms with E-state index in [1.54, 1.807) is 35.3 Å². The summed E-state index contributed by atoms with van der Waals surface area (Å²) in [6, 6.07) is 20.7. The fraction of sp³-hybridized carbons (Fsp3) is 0. The van der Waals surface area contributed by atoms with Crippen LogP contribution in [-0.4, -0.2) is 15.3 Å². The number of furan rings is 1. The summed E-state index contributed by atoms with van der Waals surface area (Å²) in [5.41, 5.74) is 3.56. The van der Waals surface area contributed by atoms with E-state index in [9.17, 15) is 10.1 Å². The van der Waals surface area contributed by atoms with Crippen LogP contribution < -0.4 is 0 Å². The molecule has 0 atom stereocenters. The molecule has 0 N–H and O–H groups in total. The van der Waals surface area contributed by atoms with Gasteiger partial charge in [0, 0.05) is 11.9 Å². The van der Waals surface area contributed by atoms with Crippen LogP contribution in [0.15, 0.2) is 83.9 Å². The first kappa shape index (κ1) is 15.6. The molecule has 4 aromatic rings. The summed E-state index contributed by atoms with van der Waals surface area (Å²) in [5, 5.41) is 9.31. The molecule has 0 amide bonds. The van der Waals surface area contributed by atoms with Gasteiger partial charge in [-0.2, -0.15) is 5.26 Å². The minimum absolute atomic E-state index is 0.256. The van der Waals surface area contributed by atoms with Gasteiger partial charge in [-0.3, -0.25) is 4.79 Å². The van der Waals surface area contributed by atoms with Crippen LogP contribution in [0.2, 0.25) is 0 Å². The molecule has 2 aromatic heterocycles. The van der Waals surface area contributed by atoms with E-state index in [0.717, 1.165) is 16.8 Å². The van der Waals surface area contributed by atoms with Gasteiger partial charge in [0.05, 0.1) is 17.9 Å². The van der Waals surface area contributed by atoms with E-state index in [1.807, 2.05) is 42.5 Å². The molecule has 0 saturated carbocycles. The molecule has 124 valence electrons. The lowest BCUT2D eigenvalue weighted by atomic mass is 10.00. The molecule has 0 bridgehead atoms. The summed E-state index contributed by atoms with van der Waals surface area (Å²) >= 11 is 0.